The molecule has 2 aromatic carbocycles. The van der Waals surface area contributed by atoms with Crippen molar-refractivity contribution in [1.82, 2.24) is 19.9 Å². The number of hydrogen-bond donors (Lipinski definition) is 2. The van der Waals surface area contributed by atoms with Crippen molar-refractivity contribution in [3.63, 3.8) is 0 Å². The van der Waals surface area contributed by atoms with Crippen LogP contribution in [-0.4, -0.2) is 51.1 Å². The first kappa shape index (κ1) is 30.5. The van der Waals surface area contributed by atoms with Gasteiger partial charge in [-0.2, -0.15) is 41.3 Å². The second kappa shape index (κ2) is 12.3. The van der Waals surface area contributed by atoms with E-state index in [-0.39, 0.29) is 59.9 Å². The first-order valence-corrected chi connectivity index (χ1v) is 13.9. The molecule has 14 heteroatoms. The van der Waals surface area contributed by atoms with Crippen LogP contribution in [0.25, 0.3) is 0 Å². The van der Waals surface area contributed by atoms with Crippen LogP contribution in [0.1, 0.15) is 42.6 Å². The summed E-state index contributed by atoms with van der Waals surface area (Å²) in [5.41, 5.74) is -0.0654. The molecule has 5 rings (SSSR count). The predicted molar refractivity (Wildman–Crippen MR) is 144 cm³/mol. The van der Waals surface area contributed by atoms with E-state index < -0.39 is 30.3 Å². The van der Waals surface area contributed by atoms with Gasteiger partial charge in [0, 0.05) is 37.7 Å². The highest BCUT2D eigenvalue weighted by molar-refractivity contribution is 5.78. The van der Waals surface area contributed by atoms with E-state index in [1.165, 1.54) is 24.3 Å². The van der Waals surface area contributed by atoms with Gasteiger partial charge in [0.2, 0.25) is 17.8 Å². The lowest BCUT2D eigenvalue weighted by molar-refractivity contribution is -0.139. The normalized spacial score (nSPS) is 19.3. The van der Waals surface area contributed by atoms with Crippen LogP contribution in [0.2, 0.25) is 0 Å². The van der Waals surface area contributed by atoms with Crippen LogP contribution in [-0.2, 0) is 23.8 Å². The van der Waals surface area contributed by atoms with Crippen molar-refractivity contribution in [3.8, 4) is 0 Å². The summed E-state index contributed by atoms with van der Waals surface area (Å²) < 4.78 is 91.3. The largest absolute Gasteiger partial charge is 0.416 e. The van der Waals surface area contributed by atoms with Crippen molar-refractivity contribution >= 4 is 23.5 Å². The summed E-state index contributed by atoms with van der Waals surface area (Å²) in [6.07, 6.45) is -7.88. The van der Waals surface area contributed by atoms with E-state index in [0.29, 0.717) is 37.9 Å². The minimum Gasteiger partial charge on any atom is -0.351 e. The molecule has 2 heterocycles. The van der Waals surface area contributed by atoms with E-state index in [1.54, 1.807) is 17.0 Å². The molecule has 2 N–H and O–H groups in total. The SMILES string of the molecule is O=C(Cc1ccc(F)cc1)N1CCC(Nc2nc(CC3CC3CC(F)(F)F)nc(Nc3cccc(C(F)(F)F)c3)n2)CC1. The van der Waals surface area contributed by atoms with E-state index in [4.69, 9.17) is 0 Å². The van der Waals surface area contributed by atoms with Crippen molar-refractivity contribution in [2.45, 2.75) is 56.9 Å². The maximum atomic E-state index is 13.2. The molecule has 1 saturated heterocycles. The van der Waals surface area contributed by atoms with E-state index in [1.807, 2.05) is 0 Å². The van der Waals surface area contributed by atoms with Crippen molar-refractivity contribution in [2.75, 3.05) is 23.7 Å². The average Bonchev–Trinajstić information content (AvgIpc) is 3.64. The maximum absolute atomic E-state index is 13.2. The zero-order chi connectivity index (χ0) is 30.8. The molecule has 0 bridgehead atoms. The van der Waals surface area contributed by atoms with Gasteiger partial charge < -0.3 is 15.5 Å². The highest BCUT2D eigenvalue weighted by Crippen LogP contribution is 2.47. The van der Waals surface area contributed by atoms with Crippen molar-refractivity contribution in [1.29, 1.82) is 0 Å². The number of anilines is 3. The second-order valence-corrected chi connectivity index (χ2v) is 11.0. The lowest BCUT2D eigenvalue weighted by atomic mass is 10.0. The van der Waals surface area contributed by atoms with Crippen molar-refractivity contribution in [2.24, 2.45) is 11.8 Å². The van der Waals surface area contributed by atoms with E-state index in [0.717, 1.165) is 12.1 Å². The van der Waals surface area contributed by atoms with Crippen LogP contribution in [0, 0.1) is 17.7 Å². The molecule has 1 amide bonds. The molecule has 0 radical (unpaired) electrons. The van der Waals surface area contributed by atoms with E-state index in [2.05, 4.69) is 25.6 Å². The molecule has 7 nitrogen and oxygen atoms in total. The molecule has 1 aromatic heterocycles. The Labute approximate surface area is 242 Å². The summed E-state index contributed by atoms with van der Waals surface area (Å²) in [5.74, 6) is -0.906. The number of rotatable bonds is 9. The third-order valence-corrected chi connectivity index (χ3v) is 7.58. The molecule has 43 heavy (non-hydrogen) atoms. The number of nitrogens with zero attached hydrogens (tertiary/aromatic N) is 4. The molecule has 2 fully saturated rings. The molecule has 2 unspecified atom stereocenters. The summed E-state index contributed by atoms with van der Waals surface area (Å²) in [6, 6.07) is 10.1. The lowest BCUT2D eigenvalue weighted by Gasteiger charge is -2.32. The maximum Gasteiger partial charge on any atom is 0.416 e. The van der Waals surface area contributed by atoms with Crippen LogP contribution in [0.15, 0.2) is 48.5 Å². The summed E-state index contributed by atoms with van der Waals surface area (Å²) in [4.78, 5) is 27.5. The summed E-state index contributed by atoms with van der Waals surface area (Å²) in [6.45, 7) is 0.901. The van der Waals surface area contributed by atoms with Crippen molar-refractivity contribution < 1.29 is 35.5 Å². The summed E-state index contributed by atoms with van der Waals surface area (Å²) in [5, 5.41) is 5.97. The third kappa shape index (κ3) is 8.77. The van der Waals surface area contributed by atoms with Crippen LogP contribution < -0.4 is 10.6 Å². The van der Waals surface area contributed by atoms with Gasteiger partial charge in [-0.05, 0) is 67.0 Å². The number of halogens is 7. The summed E-state index contributed by atoms with van der Waals surface area (Å²) in [7, 11) is 0. The number of piperidine rings is 1. The molecule has 3 aromatic rings. The van der Waals surface area contributed by atoms with E-state index >= 15 is 0 Å². The fourth-order valence-corrected chi connectivity index (χ4v) is 5.22. The molecule has 2 aliphatic rings. The molecule has 230 valence electrons. The summed E-state index contributed by atoms with van der Waals surface area (Å²) >= 11 is 0. The fourth-order valence-electron chi connectivity index (χ4n) is 5.22. The number of alkyl halides is 6. The number of hydrogen-bond acceptors (Lipinski definition) is 6. The van der Waals surface area contributed by atoms with Gasteiger partial charge in [0.25, 0.3) is 0 Å². The smallest absolute Gasteiger partial charge is 0.351 e. The molecule has 1 saturated carbocycles. The zero-order valence-corrected chi connectivity index (χ0v) is 22.9. The monoisotopic (exact) mass is 610 g/mol. The minimum absolute atomic E-state index is 0.0354. The standard InChI is InChI=1S/C29H29F7N6O/c30-21-6-4-17(5-7-21)12-25(43)42-10-8-22(9-11-42)37-26-39-24(14-18-13-19(18)16-28(31,32)33)40-27(41-26)38-23-3-1-2-20(15-23)29(34,35)36/h1-7,15,18-19,22H,8-14,16H2,(H2,37,38,39,40,41). The van der Waals surface area contributed by atoms with Gasteiger partial charge in [-0.25, -0.2) is 4.39 Å². The lowest BCUT2D eigenvalue weighted by Crippen LogP contribution is -2.43. The molecule has 0 spiro atoms. The van der Waals surface area contributed by atoms with Crippen molar-refractivity contribution in [3.05, 3.63) is 71.3 Å². The molecule has 2 atom stereocenters. The minimum atomic E-state index is -4.55. The predicted octanol–water partition coefficient (Wildman–Crippen LogP) is 6.55. The first-order chi connectivity index (χ1) is 20.3. The highest BCUT2D eigenvalue weighted by Gasteiger charge is 2.45. The van der Waals surface area contributed by atoms with Gasteiger partial charge in [0.05, 0.1) is 12.0 Å². The van der Waals surface area contributed by atoms with Gasteiger partial charge in [0.15, 0.2) is 0 Å². The van der Waals surface area contributed by atoms with Gasteiger partial charge in [-0.1, -0.05) is 18.2 Å². The Kier molecular flexibility index (Phi) is 8.74. The van der Waals surface area contributed by atoms with Gasteiger partial charge in [-0.15, -0.1) is 0 Å². The molecule has 1 aliphatic heterocycles. The number of nitrogens with one attached hydrogen (secondary N) is 2. The Morgan fingerprint density at radius 1 is 0.907 bits per heavy atom. The quantitative estimate of drug-likeness (QED) is 0.268. The van der Waals surface area contributed by atoms with Gasteiger partial charge in [0.1, 0.15) is 11.6 Å². The highest BCUT2D eigenvalue weighted by atomic mass is 19.4. The van der Waals surface area contributed by atoms with Crippen LogP contribution >= 0.6 is 0 Å². The Balaban J connectivity index is 1.25. The topological polar surface area (TPSA) is 83.0 Å². The zero-order valence-electron chi connectivity index (χ0n) is 22.9. The number of benzene rings is 2. The molecular weight excluding hydrogens is 581 g/mol. The van der Waals surface area contributed by atoms with Gasteiger partial charge >= 0.3 is 12.4 Å². The first-order valence-electron chi connectivity index (χ1n) is 13.9. The van der Waals surface area contributed by atoms with Crippen LogP contribution in [0.4, 0.5) is 48.3 Å². The number of amides is 1. The van der Waals surface area contributed by atoms with Crippen LogP contribution in [0.3, 0.4) is 0 Å². The average molecular weight is 611 g/mol. The third-order valence-electron chi connectivity index (χ3n) is 7.58. The van der Waals surface area contributed by atoms with Crippen LogP contribution in [0.5, 0.6) is 0 Å². The Morgan fingerprint density at radius 2 is 1.60 bits per heavy atom. The molecule has 1 aliphatic carbocycles. The second-order valence-electron chi connectivity index (χ2n) is 11.0. The number of carbonyl (C=O) groups is 1. The number of likely N-dealkylation sites (tertiary alicyclic amines) is 1. The Bertz CT molecular complexity index is 1420. The Hall–Kier alpha value is -3.97. The number of carbonyl (C=O) groups excluding carboxylic acids is 1. The van der Waals surface area contributed by atoms with E-state index in [9.17, 15) is 35.5 Å². The fraction of sp³-hybridized carbons (Fsp3) is 0.448. The molecular formula is C29H29F7N6O. The number of aromatic nitrogens is 3. The Morgan fingerprint density at radius 3 is 2.28 bits per heavy atom. The van der Waals surface area contributed by atoms with Gasteiger partial charge in [-0.3, -0.25) is 4.79 Å².